The van der Waals surface area contributed by atoms with Gasteiger partial charge in [-0.2, -0.15) is 0 Å². The van der Waals surface area contributed by atoms with Crippen molar-refractivity contribution >= 4 is 35.4 Å². The van der Waals surface area contributed by atoms with Gasteiger partial charge >= 0.3 is 0 Å². The molecule has 4 atom stereocenters. The Bertz CT molecular complexity index is 1680. The molecule has 0 radical (unpaired) electrons. The average Bonchev–Trinajstić information content (AvgIpc) is 3.08. The zero-order valence-electron chi connectivity index (χ0n) is 28.0. The van der Waals surface area contributed by atoms with Crippen LogP contribution in [-0.2, 0) is 48.2 Å². The number of amides is 6. The molecule has 258 valence electrons. The van der Waals surface area contributed by atoms with Gasteiger partial charge in [-0.15, -0.1) is 0 Å². The first-order chi connectivity index (χ1) is 23.3. The predicted molar refractivity (Wildman–Crippen MR) is 184 cm³/mol. The standard InChI is InChI=1S/C37H44N6O6/c1-22(2)33(40-23(3)44)36(48)41-29(17-18-32(38)45)35(47)42-30(19-24-13-15-26(16-14-24)25-9-5-4-6-10-25)37(49)43-21-28-12-8-7-11-27(28)20-31(43)34(39)46/h4-16,22,29-31,33H,17-21H2,1-3H3,(H2,38,45)(H2,39,46)(H,40,44)(H,41,48)(H,42,47)/t29-,30+,31+,33-/m0/s1. The molecule has 1 aliphatic rings. The number of nitrogens with one attached hydrogen (secondary N) is 3. The summed E-state index contributed by atoms with van der Waals surface area (Å²) in [6, 6.07) is 20.4. The summed E-state index contributed by atoms with van der Waals surface area (Å²) >= 11 is 0. The number of hydrogen-bond acceptors (Lipinski definition) is 6. The van der Waals surface area contributed by atoms with Crippen LogP contribution in [0, 0.1) is 5.92 Å². The summed E-state index contributed by atoms with van der Waals surface area (Å²) in [7, 11) is 0. The molecule has 0 aromatic heterocycles. The molecule has 3 aromatic rings. The zero-order chi connectivity index (χ0) is 35.7. The van der Waals surface area contributed by atoms with Gasteiger partial charge in [-0.1, -0.05) is 92.7 Å². The van der Waals surface area contributed by atoms with E-state index < -0.39 is 59.6 Å². The topological polar surface area (TPSA) is 194 Å². The van der Waals surface area contributed by atoms with Crippen LogP contribution in [0.5, 0.6) is 0 Å². The summed E-state index contributed by atoms with van der Waals surface area (Å²) < 4.78 is 0. The molecule has 12 nitrogen and oxygen atoms in total. The molecule has 1 aliphatic heterocycles. The molecule has 0 bridgehead atoms. The average molecular weight is 669 g/mol. The van der Waals surface area contributed by atoms with E-state index in [1.807, 2.05) is 78.9 Å². The lowest BCUT2D eigenvalue weighted by atomic mass is 9.92. The van der Waals surface area contributed by atoms with Crippen molar-refractivity contribution in [2.24, 2.45) is 17.4 Å². The van der Waals surface area contributed by atoms with E-state index in [4.69, 9.17) is 11.5 Å². The summed E-state index contributed by atoms with van der Waals surface area (Å²) in [4.78, 5) is 79.1. The Morgan fingerprint density at radius 1 is 0.755 bits per heavy atom. The lowest BCUT2D eigenvalue weighted by Crippen LogP contribution is -2.60. The molecule has 1 heterocycles. The van der Waals surface area contributed by atoms with Crippen LogP contribution in [0.2, 0.25) is 0 Å². The monoisotopic (exact) mass is 668 g/mol. The van der Waals surface area contributed by atoms with Crippen molar-refractivity contribution in [2.45, 2.75) is 77.2 Å². The Hall–Kier alpha value is -5.52. The third-order valence-electron chi connectivity index (χ3n) is 8.60. The van der Waals surface area contributed by atoms with Crippen molar-refractivity contribution in [2.75, 3.05) is 0 Å². The molecule has 0 spiro atoms. The molecule has 6 amide bonds. The molecular weight excluding hydrogens is 624 g/mol. The Labute approximate surface area is 286 Å². The van der Waals surface area contributed by atoms with Crippen LogP contribution >= 0.6 is 0 Å². The Morgan fingerprint density at radius 2 is 1.35 bits per heavy atom. The summed E-state index contributed by atoms with van der Waals surface area (Å²) in [6.07, 6.45) is -0.0937. The van der Waals surface area contributed by atoms with Crippen molar-refractivity contribution in [1.29, 1.82) is 0 Å². The number of benzene rings is 3. The van der Waals surface area contributed by atoms with Gasteiger partial charge in [0.2, 0.25) is 35.4 Å². The van der Waals surface area contributed by atoms with E-state index in [1.54, 1.807) is 13.8 Å². The zero-order valence-corrected chi connectivity index (χ0v) is 28.0. The van der Waals surface area contributed by atoms with E-state index in [1.165, 1.54) is 11.8 Å². The van der Waals surface area contributed by atoms with Gasteiger partial charge in [0.05, 0.1) is 0 Å². The third-order valence-corrected chi connectivity index (χ3v) is 8.60. The first-order valence-electron chi connectivity index (χ1n) is 16.3. The highest BCUT2D eigenvalue weighted by Crippen LogP contribution is 2.25. The number of hydrogen-bond donors (Lipinski definition) is 5. The molecule has 3 aromatic carbocycles. The van der Waals surface area contributed by atoms with E-state index in [0.717, 1.165) is 27.8 Å². The third kappa shape index (κ3) is 9.75. The van der Waals surface area contributed by atoms with E-state index in [9.17, 15) is 28.8 Å². The number of carbonyl (C=O) groups is 6. The van der Waals surface area contributed by atoms with Crippen LogP contribution in [0.15, 0.2) is 78.9 Å². The second kappa shape index (κ2) is 16.5. The summed E-state index contributed by atoms with van der Waals surface area (Å²) in [5, 5.41) is 8.02. The van der Waals surface area contributed by atoms with Gasteiger partial charge in [-0.3, -0.25) is 28.8 Å². The summed E-state index contributed by atoms with van der Waals surface area (Å²) in [5.74, 6) is -3.99. The molecule has 0 fully saturated rings. The normalized spacial score (nSPS) is 15.7. The van der Waals surface area contributed by atoms with Crippen LogP contribution in [0.4, 0.5) is 0 Å². The van der Waals surface area contributed by atoms with Crippen LogP contribution < -0.4 is 27.4 Å². The van der Waals surface area contributed by atoms with E-state index in [2.05, 4.69) is 16.0 Å². The maximum absolute atomic E-state index is 14.4. The molecule has 12 heteroatoms. The molecule has 0 saturated carbocycles. The number of nitrogens with two attached hydrogens (primary N) is 2. The van der Waals surface area contributed by atoms with Crippen molar-refractivity contribution in [3.8, 4) is 11.1 Å². The quantitative estimate of drug-likeness (QED) is 0.174. The van der Waals surface area contributed by atoms with Gasteiger partial charge in [-0.05, 0) is 40.2 Å². The Morgan fingerprint density at radius 3 is 1.94 bits per heavy atom. The van der Waals surface area contributed by atoms with E-state index in [-0.39, 0.29) is 38.1 Å². The lowest BCUT2D eigenvalue weighted by Gasteiger charge is -2.37. The van der Waals surface area contributed by atoms with E-state index >= 15 is 0 Å². The largest absolute Gasteiger partial charge is 0.370 e. The fraction of sp³-hybridized carbons (Fsp3) is 0.351. The van der Waals surface area contributed by atoms with Crippen molar-refractivity contribution in [1.82, 2.24) is 20.9 Å². The number of fused-ring (bicyclic) bond motifs is 1. The van der Waals surface area contributed by atoms with Gasteiger partial charge in [0.15, 0.2) is 0 Å². The maximum Gasteiger partial charge on any atom is 0.246 e. The molecule has 0 unspecified atom stereocenters. The van der Waals surface area contributed by atoms with Crippen LogP contribution in [-0.4, -0.2) is 64.5 Å². The van der Waals surface area contributed by atoms with Gasteiger partial charge < -0.3 is 32.3 Å². The summed E-state index contributed by atoms with van der Waals surface area (Å²) in [6.45, 7) is 4.86. The highest BCUT2D eigenvalue weighted by atomic mass is 16.2. The molecule has 49 heavy (non-hydrogen) atoms. The van der Waals surface area contributed by atoms with Gasteiger partial charge in [0.1, 0.15) is 24.2 Å². The highest BCUT2D eigenvalue weighted by molar-refractivity contribution is 5.96. The molecule has 7 N–H and O–H groups in total. The van der Waals surface area contributed by atoms with Crippen molar-refractivity contribution < 1.29 is 28.8 Å². The fourth-order valence-electron chi connectivity index (χ4n) is 5.95. The van der Waals surface area contributed by atoms with Crippen LogP contribution in [0.3, 0.4) is 0 Å². The van der Waals surface area contributed by atoms with Crippen LogP contribution in [0.1, 0.15) is 50.3 Å². The number of nitrogens with zero attached hydrogens (tertiary/aromatic N) is 1. The van der Waals surface area contributed by atoms with E-state index in [0.29, 0.717) is 0 Å². The minimum absolute atomic E-state index is 0.0558. The SMILES string of the molecule is CC(=O)N[C@H](C(=O)N[C@@H](CCC(N)=O)C(=O)N[C@H](Cc1ccc(-c2ccccc2)cc1)C(=O)N1Cc2ccccc2C[C@@H]1C(N)=O)C(C)C. The molecule has 0 saturated heterocycles. The Kier molecular flexibility index (Phi) is 12.3. The van der Waals surface area contributed by atoms with Crippen molar-refractivity contribution in [3.63, 3.8) is 0 Å². The number of primary amides is 2. The number of rotatable bonds is 14. The van der Waals surface area contributed by atoms with Crippen LogP contribution in [0.25, 0.3) is 11.1 Å². The fourth-order valence-corrected chi connectivity index (χ4v) is 5.95. The van der Waals surface area contributed by atoms with Crippen molar-refractivity contribution in [3.05, 3.63) is 95.6 Å². The second-order valence-electron chi connectivity index (χ2n) is 12.7. The molecule has 4 rings (SSSR count). The molecular formula is C37H44N6O6. The predicted octanol–water partition coefficient (Wildman–Crippen LogP) is 1.73. The van der Waals surface area contributed by atoms with Gasteiger partial charge in [0.25, 0.3) is 0 Å². The second-order valence-corrected chi connectivity index (χ2v) is 12.7. The first-order valence-corrected chi connectivity index (χ1v) is 16.3. The highest BCUT2D eigenvalue weighted by Gasteiger charge is 2.38. The lowest BCUT2D eigenvalue weighted by molar-refractivity contribution is -0.144. The minimum Gasteiger partial charge on any atom is -0.370 e. The summed E-state index contributed by atoms with van der Waals surface area (Å²) in [5.41, 5.74) is 15.6. The smallest absolute Gasteiger partial charge is 0.246 e. The minimum atomic E-state index is -1.26. The number of carbonyl (C=O) groups excluding carboxylic acids is 6. The van der Waals surface area contributed by atoms with Gasteiger partial charge in [0, 0.05) is 32.7 Å². The Balaban J connectivity index is 1.65. The maximum atomic E-state index is 14.4. The first kappa shape index (κ1) is 36.3. The van der Waals surface area contributed by atoms with Gasteiger partial charge in [-0.25, -0.2) is 0 Å². The molecule has 0 aliphatic carbocycles.